The van der Waals surface area contributed by atoms with Crippen molar-refractivity contribution in [3.8, 4) is 6.07 Å². The highest BCUT2D eigenvalue weighted by Crippen LogP contribution is 2.60. The van der Waals surface area contributed by atoms with Gasteiger partial charge in [-0.1, -0.05) is 12.1 Å². The number of amides is 1. The van der Waals surface area contributed by atoms with E-state index in [1.807, 2.05) is 38.1 Å². The van der Waals surface area contributed by atoms with E-state index in [-0.39, 0.29) is 23.8 Å². The quantitative estimate of drug-likeness (QED) is 0.508. The van der Waals surface area contributed by atoms with Gasteiger partial charge < -0.3 is 16.8 Å². The van der Waals surface area contributed by atoms with Crippen LogP contribution in [0.2, 0.25) is 0 Å². The maximum atomic E-state index is 12.2. The number of carbonyl (C=O) groups is 1. The van der Waals surface area contributed by atoms with Crippen molar-refractivity contribution in [2.24, 2.45) is 39.6 Å². The van der Waals surface area contributed by atoms with Crippen LogP contribution >= 0.6 is 0 Å². The van der Waals surface area contributed by atoms with Gasteiger partial charge in [-0.2, -0.15) is 5.26 Å². The number of anilines is 1. The summed E-state index contributed by atoms with van der Waals surface area (Å²) in [5, 5.41) is 12.9. The Morgan fingerprint density at radius 2 is 2.00 bits per heavy atom. The lowest BCUT2D eigenvalue weighted by Gasteiger charge is -2.57. The molecule has 1 aromatic carbocycles. The maximum Gasteiger partial charge on any atom is 0.223 e. The topological polar surface area (TPSA) is 117 Å². The van der Waals surface area contributed by atoms with Crippen LogP contribution in [-0.4, -0.2) is 23.3 Å². The normalized spacial score (nSPS) is 35.0. The molecule has 154 valence electrons. The van der Waals surface area contributed by atoms with E-state index in [4.69, 9.17) is 16.5 Å². The van der Waals surface area contributed by atoms with Crippen molar-refractivity contribution >= 4 is 17.4 Å². The van der Waals surface area contributed by atoms with Gasteiger partial charge in [-0.25, -0.2) is 0 Å². The molecule has 5 N–H and O–H groups in total. The Kier molecular flexibility index (Phi) is 4.80. The molecule has 1 aromatic rings. The zero-order valence-corrected chi connectivity index (χ0v) is 17.3. The fourth-order valence-electron chi connectivity index (χ4n) is 6.21. The number of aryl methyl sites for hydroxylation is 1. The van der Waals surface area contributed by atoms with E-state index >= 15 is 0 Å². The summed E-state index contributed by atoms with van der Waals surface area (Å²) in [5.74, 6) is 1.65. The molecule has 0 aromatic heterocycles. The van der Waals surface area contributed by atoms with E-state index in [1.165, 1.54) is 0 Å². The van der Waals surface area contributed by atoms with E-state index in [2.05, 4.69) is 11.4 Å². The first-order valence-electron chi connectivity index (χ1n) is 10.6. The molecule has 29 heavy (non-hydrogen) atoms. The zero-order chi connectivity index (χ0) is 20.8. The van der Waals surface area contributed by atoms with Crippen LogP contribution in [0.1, 0.15) is 51.0 Å². The van der Waals surface area contributed by atoms with Crippen LogP contribution in [0.4, 0.5) is 5.69 Å². The van der Waals surface area contributed by atoms with Gasteiger partial charge in [0.05, 0.1) is 18.5 Å². The Labute approximate surface area is 172 Å². The molecule has 3 unspecified atom stereocenters. The van der Waals surface area contributed by atoms with Gasteiger partial charge in [-0.3, -0.25) is 9.79 Å². The van der Waals surface area contributed by atoms with Crippen LogP contribution in [0.3, 0.4) is 0 Å². The summed E-state index contributed by atoms with van der Waals surface area (Å²) < 4.78 is 0. The van der Waals surface area contributed by atoms with Crippen molar-refractivity contribution in [2.75, 3.05) is 5.32 Å². The summed E-state index contributed by atoms with van der Waals surface area (Å²) >= 11 is 0. The minimum Gasteiger partial charge on any atom is -0.385 e. The molecule has 0 spiro atoms. The lowest BCUT2D eigenvalue weighted by atomic mass is 9.48. The van der Waals surface area contributed by atoms with Gasteiger partial charge in [0.2, 0.25) is 5.91 Å². The average molecular weight is 394 g/mol. The first kappa shape index (κ1) is 19.8. The van der Waals surface area contributed by atoms with Gasteiger partial charge in [-0.15, -0.1) is 0 Å². The Bertz CT molecular complexity index is 871. The highest BCUT2D eigenvalue weighted by Gasteiger charge is 2.58. The van der Waals surface area contributed by atoms with Gasteiger partial charge in [0, 0.05) is 11.1 Å². The fourth-order valence-corrected chi connectivity index (χ4v) is 6.21. The monoisotopic (exact) mass is 393 g/mol. The van der Waals surface area contributed by atoms with Gasteiger partial charge in [-0.05, 0) is 81.4 Å². The number of rotatable bonds is 6. The lowest BCUT2D eigenvalue weighted by Crippen LogP contribution is -2.58. The van der Waals surface area contributed by atoms with E-state index in [9.17, 15) is 10.1 Å². The second-order valence-corrected chi connectivity index (χ2v) is 9.78. The summed E-state index contributed by atoms with van der Waals surface area (Å²) in [5.41, 5.74) is 13.3. The maximum absolute atomic E-state index is 12.2. The van der Waals surface area contributed by atoms with Crippen LogP contribution in [0.5, 0.6) is 0 Å². The highest BCUT2D eigenvalue weighted by molar-refractivity contribution is 5.93. The van der Waals surface area contributed by atoms with Crippen molar-refractivity contribution in [1.29, 1.82) is 5.26 Å². The number of hydrogen-bond donors (Lipinski definition) is 3. The summed E-state index contributed by atoms with van der Waals surface area (Å²) in [6.07, 6.45) is 5.04. The van der Waals surface area contributed by atoms with Crippen molar-refractivity contribution < 1.29 is 4.79 Å². The zero-order valence-electron chi connectivity index (χ0n) is 17.3. The van der Waals surface area contributed by atoms with Crippen molar-refractivity contribution in [3.63, 3.8) is 0 Å². The minimum atomic E-state index is -0.738. The average Bonchev–Trinajstić information content (AvgIpc) is 2.64. The summed E-state index contributed by atoms with van der Waals surface area (Å²) in [7, 11) is 0. The van der Waals surface area contributed by atoms with Crippen LogP contribution in [0.25, 0.3) is 0 Å². The van der Waals surface area contributed by atoms with E-state index in [0.29, 0.717) is 23.6 Å². The Balaban J connectivity index is 1.59. The molecule has 4 bridgehead atoms. The molecule has 1 amide bonds. The van der Waals surface area contributed by atoms with Crippen molar-refractivity contribution in [2.45, 2.75) is 64.0 Å². The molecule has 5 rings (SSSR count). The lowest BCUT2D eigenvalue weighted by molar-refractivity contribution is -0.144. The van der Waals surface area contributed by atoms with E-state index < -0.39 is 5.54 Å². The largest absolute Gasteiger partial charge is 0.385 e. The third-order valence-electron chi connectivity index (χ3n) is 7.47. The van der Waals surface area contributed by atoms with Crippen molar-refractivity contribution in [3.05, 3.63) is 29.8 Å². The number of hydrogen-bond acceptors (Lipinski definition) is 4. The smallest absolute Gasteiger partial charge is 0.223 e. The van der Waals surface area contributed by atoms with Gasteiger partial charge >= 0.3 is 0 Å². The standard InChI is InChI=1S/C23H31N5O/c1-14-4-3-5-18(8-14)28-22(2,6-7-24)20(25)27-19-16-9-15-10-17(19)13-23(11-15,12-16)21(26)29/h3-5,8,15-17,19,28H,6,9-13H2,1-2H3,(H2,25,27)(H2,26,29). The van der Waals surface area contributed by atoms with E-state index in [1.54, 1.807) is 0 Å². The molecule has 6 nitrogen and oxygen atoms in total. The third kappa shape index (κ3) is 3.48. The third-order valence-corrected chi connectivity index (χ3v) is 7.47. The number of primary amides is 1. The number of carbonyl (C=O) groups excluding carboxylic acids is 1. The fraction of sp³-hybridized carbons (Fsp3) is 0.609. The summed E-state index contributed by atoms with van der Waals surface area (Å²) in [6, 6.07) is 10.4. The van der Waals surface area contributed by atoms with Crippen LogP contribution in [-0.2, 0) is 4.79 Å². The molecule has 4 aliphatic carbocycles. The summed E-state index contributed by atoms with van der Waals surface area (Å²) in [4.78, 5) is 17.2. The molecule has 6 heteroatoms. The molecule has 4 saturated carbocycles. The Morgan fingerprint density at radius 1 is 1.31 bits per heavy atom. The number of nitrogens with two attached hydrogens (primary N) is 2. The van der Waals surface area contributed by atoms with Gasteiger partial charge in [0.25, 0.3) is 0 Å². The number of nitrogens with zero attached hydrogens (tertiary/aromatic N) is 2. The number of benzene rings is 1. The minimum absolute atomic E-state index is 0.122. The number of nitrogens with one attached hydrogen (secondary N) is 1. The van der Waals surface area contributed by atoms with E-state index in [0.717, 1.165) is 43.4 Å². The van der Waals surface area contributed by atoms with Crippen LogP contribution < -0.4 is 16.8 Å². The molecule has 3 atom stereocenters. The van der Waals surface area contributed by atoms with Crippen molar-refractivity contribution in [1.82, 2.24) is 0 Å². The molecule has 4 fully saturated rings. The van der Waals surface area contributed by atoms with Gasteiger partial charge in [0.15, 0.2) is 0 Å². The number of amidine groups is 1. The first-order chi connectivity index (χ1) is 13.7. The predicted octanol–water partition coefficient (Wildman–Crippen LogP) is 3.12. The highest BCUT2D eigenvalue weighted by atomic mass is 16.1. The number of aliphatic imine (C=N–C) groups is 1. The molecular formula is C23H31N5O. The second kappa shape index (κ2) is 7.05. The number of nitriles is 1. The molecular weight excluding hydrogens is 362 g/mol. The Hall–Kier alpha value is -2.55. The molecule has 0 saturated heterocycles. The Morgan fingerprint density at radius 3 is 2.59 bits per heavy atom. The second-order valence-electron chi connectivity index (χ2n) is 9.78. The molecule has 4 aliphatic rings. The summed E-state index contributed by atoms with van der Waals surface area (Å²) in [6.45, 7) is 3.98. The van der Waals surface area contributed by atoms with Gasteiger partial charge in [0.1, 0.15) is 11.4 Å². The first-order valence-corrected chi connectivity index (χ1v) is 10.6. The molecule has 0 heterocycles. The molecule has 0 aliphatic heterocycles. The molecule has 0 radical (unpaired) electrons. The predicted molar refractivity (Wildman–Crippen MR) is 114 cm³/mol. The van der Waals surface area contributed by atoms with Crippen LogP contribution in [0.15, 0.2) is 29.3 Å². The van der Waals surface area contributed by atoms with Crippen LogP contribution in [0, 0.1) is 41.4 Å². The SMILES string of the molecule is Cc1cccc(NC(C)(CC#N)C(N)=NC2C3CC4CC2CC(C(N)=O)(C4)C3)c1.